The second kappa shape index (κ2) is 9.98. The Balaban J connectivity index is 2.24. The lowest BCUT2D eigenvalue weighted by molar-refractivity contribution is -0.384. The maximum absolute atomic E-state index is 11.9. The second-order valence-corrected chi connectivity index (χ2v) is 5.27. The number of nitrogens with two attached hydrogens (primary N) is 1. The molecule has 0 aromatic heterocycles. The first kappa shape index (κ1) is 20.0. The maximum Gasteiger partial charge on any atom is 0.322 e. The van der Waals surface area contributed by atoms with Crippen molar-refractivity contribution in [2.24, 2.45) is 5.73 Å². The van der Waals surface area contributed by atoms with Gasteiger partial charge in [0.05, 0.1) is 11.0 Å². The van der Waals surface area contributed by atoms with Gasteiger partial charge in [0.15, 0.2) is 0 Å². The second-order valence-electron chi connectivity index (χ2n) is 5.27. The molecule has 0 aliphatic heterocycles. The number of carboxylic acids is 1. The SMILES string of the molecule is N[C@H](CCCCNC(=O)c1ccc([N+](=O)[O-])cc1)C(=O)NCC(=O)O. The van der Waals surface area contributed by atoms with Crippen molar-refractivity contribution in [2.75, 3.05) is 13.1 Å². The van der Waals surface area contributed by atoms with E-state index >= 15 is 0 Å². The van der Waals surface area contributed by atoms with Gasteiger partial charge < -0.3 is 21.5 Å². The predicted molar refractivity (Wildman–Crippen MR) is 87.9 cm³/mol. The van der Waals surface area contributed by atoms with E-state index in [1.807, 2.05) is 0 Å². The van der Waals surface area contributed by atoms with Gasteiger partial charge in [-0.1, -0.05) is 0 Å². The van der Waals surface area contributed by atoms with E-state index in [2.05, 4.69) is 10.6 Å². The van der Waals surface area contributed by atoms with Crippen molar-refractivity contribution in [3.05, 3.63) is 39.9 Å². The van der Waals surface area contributed by atoms with Gasteiger partial charge in [0.1, 0.15) is 6.54 Å². The Labute approximate surface area is 143 Å². The molecule has 0 bridgehead atoms. The van der Waals surface area contributed by atoms with Crippen LogP contribution in [-0.4, -0.2) is 46.9 Å². The summed E-state index contributed by atoms with van der Waals surface area (Å²) in [4.78, 5) is 43.6. The molecular weight excluding hydrogens is 332 g/mol. The molecule has 1 atom stereocenters. The van der Waals surface area contributed by atoms with Crippen molar-refractivity contribution in [1.82, 2.24) is 10.6 Å². The number of nitro benzene ring substituents is 1. The number of nitrogens with zero attached hydrogens (tertiary/aromatic N) is 1. The van der Waals surface area contributed by atoms with Crippen LogP contribution < -0.4 is 16.4 Å². The highest BCUT2D eigenvalue weighted by Crippen LogP contribution is 2.11. The van der Waals surface area contributed by atoms with Gasteiger partial charge in [-0.05, 0) is 31.4 Å². The first-order valence-corrected chi connectivity index (χ1v) is 7.59. The number of rotatable bonds is 10. The van der Waals surface area contributed by atoms with Gasteiger partial charge in [0.25, 0.3) is 11.6 Å². The third-order valence-corrected chi connectivity index (χ3v) is 3.32. The summed E-state index contributed by atoms with van der Waals surface area (Å²) in [7, 11) is 0. The van der Waals surface area contributed by atoms with Gasteiger partial charge in [-0.3, -0.25) is 24.5 Å². The van der Waals surface area contributed by atoms with Gasteiger partial charge in [-0.15, -0.1) is 0 Å². The van der Waals surface area contributed by atoms with Crippen LogP contribution >= 0.6 is 0 Å². The van der Waals surface area contributed by atoms with Crippen LogP contribution in [0.2, 0.25) is 0 Å². The molecule has 1 aromatic rings. The Morgan fingerprint density at radius 3 is 2.36 bits per heavy atom. The Kier molecular flexibility index (Phi) is 8.00. The lowest BCUT2D eigenvalue weighted by Gasteiger charge is -2.11. The van der Waals surface area contributed by atoms with E-state index in [0.717, 1.165) is 0 Å². The van der Waals surface area contributed by atoms with Crippen molar-refractivity contribution >= 4 is 23.5 Å². The monoisotopic (exact) mass is 352 g/mol. The molecule has 0 radical (unpaired) electrons. The van der Waals surface area contributed by atoms with E-state index in [9.17, 15) is 24.5 Å². The number of hydrogen-bond acceptors (Lipinski definition) is 6. The highest BCUT2D eigenvalue weighted by molar-refractivity contribution is 5.94. The van der Waals surface area contributed by atoms with Crippen LogP contribution in [0, 0.1) is 10.1 Å². The highest BCUT2D eigenvalue weighted by atomic mass is 16.6. The van der Waals surface area contributed by atoms with E-state index in [4.69, 9.17) is 10.8 Å². The molecule has 0 spiro atoms. The van der Waals surface area contributed by atoms with Crippen molar-refractivity contribution in [1.29, 1.82) is 0 Å². The van der Waals surface area contributed by atoms with Crippen LogP contribution in [0.15, 0.2) is 24.3 Å². The minimum atomic E-state index is -1.14. The normalized spacial score (nSPS) is 11.4. The number of hydrogen-bond donors (Lipinski definition) is 4. The highest BCUT2D eigenvalue weighted by Gasteiger charge is 2.14. The molecule has 10 heteroatoms. The molecule has 0 heterocycles. The zero-order valence-corrected chi connectivity index (χ0v) is 13.4. The molecule has 1 rings (SSSR count). The zero-order valence-electron chi connectivity index (χ0n) is 13.4. The van der Waals surface area contributed by atoms with E-state index < -0.39 is 29.4 Å². The first-order valence-electron chi connectivity index (χ1n) is 7.59. The van der Waals surface area contributed by atoms with Crippen LogP contribution in [-0.2, 0) is 9.59 Å². The van der Waals surface area contributed by atoms with Crippen molar-refractivity contribution in [3.8, 4) is 0 Å². The Morgan fingerprint density at radius 1 is 1.16 bits per heavy atom. The smallest absolute Gasteiger partial charge is 0.322 e. The number of benzene rings is 1. The summed E-state index contributed by atoms with van der Waals surface area (Å²) >= 11 is 0. The molecule has 0 aliphatic rings. The lowest BCUT2D eigenvalue weighted by Crippen LogP contribution is -2.42. The molecule has 0 saturated carbocycles. The van der Waals surface area contributed by atoms with Crippen molar-refractivity contribution in [2.45, 2.75) is 25.3 Å². The average Bonchev–Trinajstić information content (AvgIpc) is 2.58. The quantitative estimate of drug-likeness (QED) is 0.262. The fraction of sp³-hybridized carbons (Fsp3) is 0.400. The Hall–Kier alpha value is -3.01. The maximum atomic E-state index is 11.9. The average molecular weight is 352 g/mol. The number of nitro groups is 1. The molecule has 10 nitrogen and oxygen atoms in total. The summed E-state index contributed by atoms with van der Waals surface area (Å²) < 4.78 is 0. The van der Waals surface area contributed by atoms with Gasteiger partial charge in [-0.25, -0.2) is 0 Å². The molecule has 0 fully saturated rings. The molecule has 136 valence electrons. The lowest BCUT2D eigenvalue weighted by atomic mass is 10.1. The first-order chi connectivity index (χ1) is 11.8. The predicted octanol–water partition coefficient (Wildman–Crippen LogP) is 0.0230. The number of aliphatic carboxylic acids is 1. The summed E-state index contributed by atoms with van der Waals surface area (Å²) in [5.41, 5.74) is 5.85. The summed E-state index contributed by atoms with van der Waals surface area (Å²) in [5, 5.41) is 23.8. The number of carboxylic acid groups (broad SMARTS) is 1. The fourth-order valence-corrected chi connectivity index (χ4v) is 1.95. The molecular formula is C15H20N4O6. The number of nitrogens with one attached hydrogen (secondary N) is 2. The minimum Gasteiger partial charge on any atom is -0.480 e. The van der Waals surface area contributed by atoms with Gasteiger partial charge in [-0.2, -0.15) is 0 Å². The summed E-state index contributed by atoms with van der Waals surface area (Å²) in [5.74, 6) is -2.02. The number of non-ortho nitro benzene ring substituents is 1. The molecule has 1 aromatic carbocycles. The van der Waals surface area contributed by atoms with E-state index in [1.54, 1.807) is 0 Å². The molecule has 0 saturated heterocycles. The topological polar surface area (TPSA) is 165 Å². The van der Waals surface area contributed by atoms with Crippen molar-refractivity contribution < 1.29 is 24.4 Å². The molecule has 25 heavy (non-hydrogen) atoms. The number of carbonyl (C=O) groups excluding carboxylic acids is 2. The molecule has 0 unspecified atom stereocenters. The van der Waals surface area contributed by atoms with Crippen molar-refractivity contribution in [3.63, 3.8) is 0 Å². The fourth-order valence-electron chi connectivity index (χ4n) is 1.95. The standard InChI is InChI=1S/C15H20N4O6/c16-12(15(23)18-9-13(20)21)3-1-2-8-17-14(22)10-4-6-11(7-5-10)19(24)25/h4-7,12H,1-3,8-9,16H2,(H,17,22)(H,18,23)(H,20,21)/t12-/m1/s1. The number of unbranched alkanes of at least 4 members (excludes halogenated alkanes) is 1. The zero-order chi connectivity index (χ0) is 18.8. The molecule has 0 aliphatic carbocycles. The molecule has 2 amide bonds. The largest absolute Gasteiger partial charge is 0.480 e. The van der Waals surface area contributed by atoms with Crippen LogP contribution in [0.5, 0.6) is 0 Å². The Morgan fingerprint density at radius 2 is 1.80 bits per heavy atom. The van der Waals surface area contributed by atoms with Crippen LogP contribution in [0.4, 0.5) is 5.69 Å². The Bertz CT molecular complexity index is 631. The summed E-state index contributed by atoms with van der Waals surface area (Å²) in [6.45, 7) is -0.114. The van der Waals surface area contributed by atoms with E-state index in [0.29, 0.717) is 31.4 Å². The summed E-state index contributed by atoms with van der Waals surface area (Å²) in [6.07, 6.45) is 1.51. The third kappa shape index (κ3) is 7.40. The van der Waals surface area contributed by atoms with E-state index in [1.165, 1.54) is 24.3 Å². The van der Waals surface area contributed by atoms with Crippen LogP contribution in [0.1, 0.15) is 29.6 Å². The molecule has 5 N–H and O–H groups in total. The third-order valence-electron chi connectivity index (χ3n) is 3.32. The number of amides is 2. The van der Waals surface area contributed by atoms with Crippen LogP contribution in [0.25, 0.3) is 0 Å². The van der Waals surface area contributed by atoms with E-state index in [-0.39, 0.29) is 11.6 Å². The van der Waals surface area contributed by atoms with Gasteiger partial charge >= 0.3 is 5.97 Å². The van der Waals surface area contributed by atoms with Gasteiger partial charge in [0, 0.05) is 24.2 Å². The summed E-state index contributed by atoms with van der Waals surface area (Å²) in [6, 6.07) is 4.45. The van der Waals surface area contributed by atoms with Crippen LogP contribution in [0.3, 0.4) is 0 Å². The number of carbonyl (C=O) groups is 3. The van der Waals surface area contributed by atoms with Gasteiger partial charge in [0.2, 0.25) is 5.91 Å². The minimum absolute atomic E-state index is 0.0910.